The van der Waals surface area contributed by atoms with Crippen molar-refractivity contribution >= 4 is 11.8 Å². The van der Waals surface area contributed by atoms with Gasteiger partial charge in [0.15, 0.2) is 0 Å². The first-order valence-electron chi connectivity index (χ1n) is 7.31. The molecule has 4 nitrogen and oxygen atoms in total. The molecule has 0 aliphatic carbocycles. The number of carbonyl (C=O) groups excluding carboxylic acids is 1. The molecule has 1 aromatic carbocycles. The summed E-state index contributed by atoms with van der Waals surface area (Å²) in [6.07, 6.45) is 5.16. The van der Waals surface area contributed by atoms with Crippen molar-refractivity contribution in [2.75, 3.05) is 4.90 Å². The van der Waals surface area contributed by atoms with E-state index in [4.69, 9.17) is 4.74 Å². The Hall–Kier alpha value is -2.36. The van der Waals surface area contributed by atoms with E-state index < -0.39 is 0 Å². The Balaban J connectivity index is 1.74. The van der Waals surface area contributed by atoms with Gasteiger partial charge in [-0.25, -0.2) is 4.79 Å². The Morgan fingerprint density at radius 3 is 3.00 bits per heavy atom. The van der Waals surface area contributed by atoms with E-state index in [1.165, 1.54) is 5.56 Å². The van der Waals surface area contributed by atoms with Crippen LogP contribution in [0.15, 0.2) is 42.7 Å². The molecule has 2 aliphatic rings. The van der Waals surface area contributed by atoms with Gasteiger partial charge in [0.1, 0.15) is 6.10 Å². The quantitative estimate of drug-likeness (QED) is 0.846. The molecule has 0 saturated carbocycles. The maximum absolute atomic E-state index is 12.0. The van der Waals surface area contributed by atoms with Crippen LogP contribution in [0.3, 0.4) is 0 Å². The standard InChI is InChI=1S/C17H16N2O2/c1-2-16-15-9-13-8-11(12-4-3-7-18-10-12)5-6-14(13)19(15)17(20)21-16/h3-8,10,15-16H,2,9H2,1H3/t15-,16+/m1/s1. The number of fused-ring (bicyclic) bond motifs is 3. The molecule has 0 radical (unpaired) electrons. The third-order valence-electron chi connectivity index (χ3n) is 4.38. The van der Waals surface area contributed by atoms with E-state index in [0.29, 0.717) is 0 Å². The SMILES string of the molecule is CC[C@@H]1OC(=O)N2c3ccc(-c4cccnc4)cc3C[C@H]12. The van der Waals surface area contributed by atoms with Gasteiger partial charge in [-0.15, -0.1) is 0 Å². The van der Waals surface area contributed by atoms with Gasteiger partial charge in [-0.05, 0) is 47.7 Å². The van der Waals surface area contributed by atoms with Crippen molar-refractivity contribution in [2.45, 2.75) is 31.9 Å². The van der Waals surface area contributed by atoms with E-state index in [1.807, 2.05) is 35.4 Å². The van der Waals surface area contributed by atoms with Gasteiger partial charge < -0.3 is 4.74 Å². The lowest BCUT2D eigenvalue weighted by molar-refractivity contribution is 0.129. The Kier molecular flexibility index (Phi) is 2.70. The number of hydrogen-bond acceptors (Lipinski definition) is 3. The molecule has 21 heavy (non-hydrogen) atoms. The number of benzene rings is 1. The van der Waals surface area contributed by atoms with Gasteiger partial charge in [-0.2, -0.15) is 0 Å². The molecule has 2 aliphatic heterocycles. The summed E-state index contributed by atoms with van der Waals surface area (Å²) in [5.74, 6) is 0. The smallest absolute Gasteiger partial charge is 0.415 e. The summed E-state index contributed by atoms with van der Waals surface area (Å²) in [7, 11) is 0. The van der Waals surface area contributed by atoms with Crippen LogP contribution in [-0.2, 0) is 11.2 Å². The zero-order chi connectivity index (χ0) is 14.4. The second-order valence-corrected chi connectivity index (χ2v) is 5.56. The van der Waals surface area contributed by atoms with Crippen molar-refractivity contribution in [3.63, 3.8) is 0 Å². The number of anilines is 1. The fourth-order valence-corrected chi connectivity index (χ4v) is 3.34. The first-order chi connectivity index (χ1) is 10.3. The molecule has 1 saturated heterocycles. The zero-order valence-electron chi connectivity index (χ0n) is 11.8. The van der Waals surface area contributed by atoms with Crippen molar-refractivity contribution < 1.29 is 9.53 Å². The van der Waals surface area contributed by atoms with E-state index in [2.05, 4.69) is 18.0 Å². The lowest BCUT2D eigenvalue weighted by atomic mass is 10.0. The lowest BCUT2D eigenvalue weighted by Gasteiger charge is -2.14. The van der Waals surface area contributed by atoms with Crippen LogP contribution in [0.1, 0.15) is 18.9 Å². The molecule has 0 unspecified atom stereocenters. The van der Waals surface area contributed by atoms with Gasteiger partial charge in [0, 0.05) is 12.4 Å². The van der Waals surface area contributed by atoms with Crippen LogP contribution < -0.4 is 4.90 Å². The fourth-order valence-electron chi connectivity index (χ4n) is 3.34. The minimum absolute atomic E-state index is 0.00624. The molecule has 4 heteroatoms. The molecule has 0 N–H and O–H groups in total. The first-order valence-corrected chi connectivity index (χ1v) is 7.31. The molecule has 0 spiro atoms. The third-order valence-corrected chi connectivity index (χ3v) is 4.38. The molecule has 3 heterocycles. The van der Waals surface area contributed by atoms with Gasteiger partial charge in [-0.3, -0.25) is 9.88 Å². The lowest BCUT2D eigenvalue weighted by Crippen LogP contribution is -2.32. The van der Waals surface area contributed by atoms with Crippen LogP contribution in [0.25, 0.3) is 11.1 Å². The number of ether oxygens (including phenoxy) is 1. The average Bonchev–Trinajstić information content (AvgIpc) is 3.05. The Morgan fingerprint density at radius 1 is 1.33 bits per heavy atom. The van der Waals surface area contributed by atoms with Gasteiger partial charge in [0.05, 0.1) is 11.7 Å². The fraction of sp³-hybridized carbons (Fsp3) is 0.294. The highest BCUT2D eigenvalue weighted by Gasteiger charge is 2.46. The molecule has 2 aromatic rings. The summed E-state index contributed by atoms with van der Waals surface area (Å²) in [6.45, 7) is 2.06. The molecule has 106 valence electrons. The number of carbonyl (C=O) groups is 1. The zero-order valence-corrected chi connectivity index (χ0v) is 11.8. The summed E-state index contributed by atoms with van der Waals surface area (Å²) in [5.41, 5.74) is 4.46. The maximum atomic E-state index is 12.0. The average molecular weight is 280 g/mol. The Bertz CT molecular complexity index is 699. The largest absolute Gasteiger partial charge is 0.444 e. The van der Waals surface area contributed by atoms with Crippen LogP contribution in [-0.4, -0.2) is 23.2 Å². The summed E-state index contributed by atoms with van der Waals surface area (Å²) < 4.78 is 5.43. The molecular formula is C17H16N2O2. The first kappa shape index (κ1) is 12.4. The monoisotopic (exact) mass is 280 g/mol. The number of hydrogen-bond donors (Lipinski definition) is 0. The second-order valence-electron chi connectivity index (χ2n) is 5.56. The highest BCUT2D eigenvalue weighted by Crippen LogP contribution is 2.41. The van der Waals surface area contributed by atoms with Gasteiger partial charge in [-0.1, -0.05) is 19.1 Å². The van der Waals surface area contributed by atoms with Crippen LogP contribution in [0.4, 0.5) is 10.5 Å². The van der Waals surface area contributed by atoms with Crippen LogP contribution in [0.2, 0.25) is 0 Å². The number of rotatable bonds is 2. The Morgan fingerprint density at radius 2 is 2.24 bits per heavy atom. The number of nitrogens with zero attached hydrogens (tertiary/aromatic N) is 2. The third kappa shape index (κ3) is 1.82. The highest BCUT2D eigenvalue weighted by atomic mass is 16.6. The predicted octanol–water partition coefficient (Wildman–Crippen LogP) is 3.41. The molecule has 1 fully saturated rings. The van der Waals surface area contributed by atoms with E-state index >= 15 is 0 Å². The topological polar surface area (TPSA) is 42.4 Å². The van der Waals surface area contributed by atoms with Gasteiger partial charge >= 0.3 is 6.09 Å². The number of pyridine rings is 1. The summed E-state index contributed by atoms with van der Waals surface area (Å²) >= 11 is 0. The van der Waals surface area contributed by atoms with Gasteiger partial charge in [0.2, 0.25) is 0 Å². The minimum atomic E-state index is -0.209. The normalized spacial score (nSPS) is 22.9. The van der Waals surface area contributed by atoms with E-state index in [1.54, 1.807) is 6.20 Å². The number of amides is 1. The molecule has 0 bridgehead atoms. The molecule has 1 aromatic heterocycles. The van der Waals surface area contributed by atoms with Crippen molar-refractivity contribution in [1.29, 1.82) is 0 Å². The van der Waals surface area contributed by atoms with Crippen molar-refractivity contribution in [3.8, 4) is 11.1 Å². The van der Waals surface area contributed by atoms with E-state index in [9.17, 15) is 4.79 Å². The minimum Gasteiger partial charge on any atom is -0.444 e. The van der Waals surface area contributed by atoms with E-state index in [-0.39, 0.29) is 18.2 Å². The van der Waals surface area contributed by atoms with Gasteiger partial charge in [0.25, 0.3) is 0 Å². The Labute approximate surface area is 123 Å². The predicted molar refractivity (Wildman–Crippen MR) is 80.2 cm³/mol. The molecule has 2 atom stereocenters. The van der Waals surface area contributed by atoms with Crippen LogP contribution in [0, 0.1) is 0 Å². The molecule has 1 amide bonds. The second kappa shape index (κ2) is 4.58. The number of cyclic esters (lactones) is 1. The maximum Gasteiger partial charge on any atom is 0.415 e. The van der Waals surface area contributed by atoms with Crippen molar-refractivity contribution in [1.82, 2.24) is 4.98 Å². The summed E-state index contributed by atoms with van der Waals surface area (Å²) in [5, 5.41) is 0. The molecule has 4 rings (SSSR count). The number of aromatic nitrogens is 1. The van der Waals surface area contributed by atoms with Crippen LogP contribution in [0.5, 0.6) is 0 Å². The highest BCUT2D eigenvalue weighted by molar-refractivity contribution is 5.94. The summed E-state index contributed by atoms with van der Waals surface area (Å²) in [6, 6.07) is 10.4. The molecular weight excluding hydrogens is 264 g/mol. The van der Waals surface area contributed by atoms with E-state index in [0.717, 1.165) is 29.7 Å². The summed E-state index contributed by atoms with van der Waals surface area (Å²) in [4.78, 5) is 18.0. The van der Waals surface area contributed by atoms with Crippen molar-refractivity contribution in [2.24, 2.45) is 0 Å². The van der Waals surface area contributed by atoms with Crippen molar-refractivity contribution in [3.05, 3.63) is 48.3 Å². The van der Waals surface area contributed by atoms with Crippen LogP contribution >= 0.6 is 0 Å².